The molecule has 0 atom stereocenters. The number of nitro benzene ring substituents is 1. The molecule has 0 radical (unpaired) electrons. The van der Waals surface area contributed by atoms with Crippen molar-refractivity contribution in [2.24, 2.45) is 0 Å². The summed E-state index contributed by atoms with van der Waals surface area (Å²) >= 11 is 3.30. The fourth-order valence-corrected chi connectivity index (χ4v) is 2.29. The van der Waals surface area contributed by atoms with Gasteiger partial charge in [0.2, 0.25) is 0 Å². The zero-order valence-corrected chi connectivity index (χ0v) is 12.3. The molecule has 4 nitrogen and oxygen atoms in total. The lowest BCUT2D eigenvalue weighted by molar-refractivity contribution is -0.384. The molecule has 0 amide bonds. The van der Waals surface area contributed by atoms with Gasteiger partial charge in [-0.05, 0) is 30.7 Å². The van der Waals surface area contributed by atoms with Crippen molar-refractivity contribution in [2.75, 3.05) is 5.32 Å². The number of anilines is 1. The molecule has 0 bridgehead atoms. The van der Waals surface area contributed by atoms with Gasteiger partial charge in [0.25, 0.3) is 5.69 Å². The van der Waals surface area contributed by atoms with E-state index < -0.39 is 4.92 Å². The number of rotatable bonds is 4. The molecule has 0 aliphatic heterocycles. The molecular formula is C14H12BrFN2O2. The van der Waals surface area contributed by atoms with Crippen LogP contribution in [0.5, 0.6) is 0 Å². The minimum atomic E-state index is -0.446. The van der Waals surface area contributed by atoms with Gasteiger partial charge < -0.3 is 5.32 Å². The summed E-state index contributed by atoms with van der Waals surface area (Å²) in [5.74, 6) is -0.266. The van der Waals surface area contributed by atoms with Gasteiger partial charge in [0, 0.05) is 34.4 Å². The first kappa shape index (κ1) is 14.5. The molecule has 0 aliphatic rings. The topological polar surface area (TPSA) is 55.2 Å². The van der Waals surface area contributed by atoms with Gasteiger partial charge in [0.15, 0.2) is 0 Å². The molecule has 0 unspecified atom stereocenters. The van der Waals surface area contributed by atoms with Gasteiger partial charge in [-0.25, -0.2) is 4.39 Å². The quantitative estimate of drug-likeness (QED) is 0.663. The largest absolute Gasteiger partial charge is 0.381 e. The van der Waals surface area contributed by atoms with Crippen LogP contribution in [-0.4, -0.2) is 4.92 Å². The van der Waals surface area contributed by atoms with Crippen molar-refractivity contribution in [1.82, 2.24) is 0 Å². The van der Waals surface area contributed by atoms with Crippen molar-refractivity contribution < 1.29 is 9.31 Å². The van der Waals surface area contributed by atoms with E-state index in [-0.39, 0.29) is 11.5 Å². The Morgan fingerprint density at radius 3 is 2.75 bits per heavy atom. The first-order valence-corrected chi connectivity index (χ1v) is 6.70. The standard InChI is InChI=1S/C14H12BrFN2O2/c1-9-13(16)3-2-4-14(9)17-8-10-5-6-11(18(19)20)7-12(10)15/h2-7,17H,8H2,1H3. The molecule has 1 N–H and O–H groups in total. The summed E-state index contributed by atoms with van der Waals surface area (Å²) in [5.41, 5.74) is 2.14. The van der Waals surface area contributed by atoms with E-state index in [4.69, 9.17) is 0 Å². The van der Waals surface area contributed by atoms with Crippen molar-refractivity contribution in [1.29, 1.82) is 0 Å². The molecule has 0 heterocycles. The summed E-state index contributed by atoms with van der Waals surface area (Å²) in [6, 6.07) is 9.40. The van der Waals surface area contributed by atoms with E-state index >= 15 is 0 Å². The zero-order chi connectivity index (χ0) is 14.7. The van der Waals surface area contributed by atoms with E-state index in [0.717, 1.165) is 5.56 Å². The monoisotopic (exact) mass is 338 g/mol. The Labute approximate surface area is 123 Å². The Kier molecular flexibility index (Phi) is 4.34. The Hall–Kier alpha value is -1.95. The fraction of sp³-hybridized carbons (Fsp3) is 0.143. The fourth-order valence-electron chi connectivity index (χ4n) is 1.78. The maximum absolute atomic E-state index is 13.4. The van der Waals surface area contributed by atoms with Crippen LogP contribution in [0.4, 0.5) is 15.8 Å². The Bertz CT molecular complexity index is 662. The number of non-ortho nitro benzene ring substituents is 1. The predicted molar refractivity (Wildman–Crippen MR) is 79.3 cm³/mol. The number of nitrogens with one attached hydrogen (secondary N) is 1. The zero-order valence-electron chi connectivity index (χ0n) is 10.7. The third-order valence-corrected chi connectivity index (χ3v) is 3.72. The summed E-state index contributed by atoms with van der Waals surface area (Å²) in [4.78, 5) is 10.2. The van der Waals surface area contributed by atoms with E-state index in [0.29, 0.717) is 22.3 Å². The lowest BCUT2D eigenvalue weighted by Crippen LogP contribution is -2.03. The van der Waals surface area contributed by atoms with Crippen LogP contribution in [0.15, 0.2) is 40.9 Å². The minimum Gasteiger partial charge on any atom is -0.381 e. The smallest absolute Gasteiger partial charge is 0.270 e. The van der Waals surface area contributed by atoms with Gasteiger partial charge in [-0.3, -0.25) is 10.1 Å². The molecule has 2 aromatic rings. The van der Waals surface area contributed by atoms with Crippen molar-refractivity contribution in [2.45, 2.75) is 13.5 Å². The predicted octanol–water partition coefficient (Wildman–Crippen LogP) is 4.42. The van der Waals surface area contributed by atoms with E-state index in [9.17, 15) is 14.5 Å². The minimum absolute atomic E-state index is 0.0301. The summed E-state index contributed by atoms with van der Waals surface area (Å²) in [7, 11) is 0. The Balaban J connectivity index is 2.15. The maximum atomic E-state index is 13.4. The maximum Gasteiger partial charge on any atom is 0.270 e. The van der Waals surface area contributed by atoms with Gasteiger partial charge >= 0.3 is 0 Å². The van der Waals surface area contributed by atoms with Crippen LogP contribution >= 0.6 is 15.9 Å². The van der Waals surface area contributed by atoms with Crippen LogP contribution in [-0.2, 0) is 6.54 Å². The molecular weight excluding hydrogens is 327 g/mol. The molecule has 0 aromatic heterocycles. The van der Waals surface area contributed by atoms with E-state index in [1.54, 1.807) is 25.1 Å². The molecule has 2 aromatic carbocycles. The second-order valence-electron chi connectivity index (χ2n) is 4.30. The number of nitro groups is 1. The van der Waals surface area contributed by atoms with Crippen LogP contribution in [0.3, 0.4) is 0 Å². The van der Waals surface area contributed by atoms with E-state index in [1.807, 2.05) is 0 Å². The number of halogens is 2. The van der Waals surface area contributed by atoms with Gasteiger partial charge in [0.05, 0.1) is 4.92 Å². The molecule has 20 heavy (non-hydrogen) atoms. The highest BCUT2D eigenvalue weighted by molar-refractivity contribution is 9.10. The highest BCUT2D eigenvalue weighted by Crippen LogP contribution is 2.25. The van der Waals surface area contributed by atoms with Crippen molar-refractivity contribution >= 4 is 27.3 Å². The van der Waals surface area contributed by atoms with Crippen LogP contribution in [0, 0.1) is 22.9 Å². The lowest BCUT2D eigenvalue weighted by Gasteiger charge is -2.11. The summed E-state index contributed by atoms with van der Waals surface area (Å²) in [5, 5.41) is 13.8. The average Bonchev–Trinajstić information content (AvgIpc) is 2.41. The SMILES string of the molecule is Cc1c(F)cccc1NCc1ccc([N+](=O)[O-])cc1Br. The van der Waals surface area contributed by atoms with Crippen molar-refractivity contribution in [3.05, 3.63) is 67.9 Å². The Morgan fingerprint density at radius 1 is 1.35 bits per heavy atom. The summed E-state index contributed by atoms with van der Waals surface area (Å²) < 4.78 is 14.0. The molecule has 0 spiro atoms. The second-order valence-corrected chi connectivity index (χ2v) is 5.15. The lowest BCUT2D eigenvalue weighted by atomic mass is 10.1. The highest BCUT2D eigenvalue weighted by atomic mass is 79.9. The van der Waals surface area contributed by atoms with E-state index in [2.05, 4.69) is 21.2 Å². The number of hydrogen-bond acceptors (Lipinski definition) is 3. The van der Waals surface area contributed by atoms with Gasteiger partial charge in [0.1, 0.15) is 5.82 Å². The average molecular weight is 339 g/mol. The van der Waals surface area contributed by atoms with Crippen LogP contribution in [0.2, 0.25) is 0 Å². The molecule has 0 fully saturated rings. The van der Waals surface area contributed by atoms with Crippen LogP contribution < -0.4 is 5.32 Å². The molecule has 6 heteroatoms. The third-order valence-electron chi connectivity index (χ3n) is 2.98. The van der Waals surface area contributed by atoms with Gasteiger partial charge in [-0.15, -0.1) is 0 Å². The number of benzene rings is 2. The van der Waals surface area contributed by atoms with Crippen LogP contribution in [0.25, 0.3) is 0 Å². The van der Waals surface area contributed by atoms with Gasteiger partial charge in [-0.2, -0.15) is 0 Å². The summed E-state index contributed by atoms with van der Waals surface area (Å²) in [6.45, 7) is 2.14. The molecule has 104 valence electrons. The van der Waals surface area contributed by atoms with Crippen molar-refractivity contribution in [3.8, 4) is 0 Å². The molecule has 0 aliphatic carbocycles. The number of nitrogens with zero attached hydrogens (tertiary/aromatic N) is 1. The highest BCUT2D eigenvalue weighted by Gasteiger charge is 2.09. The van der Waals surface area contributed by atoms with E-state index in [1.165, 1.54) is 18.2 Å². The second kappa shape index (κ2) is 6.00. The van der Waals surface area contributed by atoms with Crippen LogP contribution in [0.1, 0.15) is 11.1 Å². The third kappa shape index (κ3) is 3.14. The molecule has 2 rings (SSSR count). The molecule has 0 saturated carbocycles. The first-order chi connectivity index (χ1) is 9.49. The van der Waals surface area contributed by atoms with Crippen molar-refractivity contribution in [3.63, 3.8) is 0 Å². The summed E-state index contributed by atoms with van der Waals surface area (Å²) in [6.07, 6.45) is 0. The first-order valence-electron chi connectivity index (χ1n) is 5.91. The normalized spacial score (nSPS) is 10.3. The Morgan fingerprint density at radius 2 is 2.10 bits per heavy atom. The van der Waals surface area contributed by atoms with Gasteiger partial charge in [-0.1, -0.05) is 22.0 Å². The number of hydrogen-bond donors (Lipinski definition) is 1. The molecule has 0 saturated heterocycles.